The summed E-state index contributed by atoms with van der Waals surface area (Å²) in [7, 11) is 0. The summed E-state index contributed by atoms with van der Waals surface area (Å²) in [5.74, 6) is 2.59. The highest BCUT2D eigenvalue weighted by Gasteiger charge is 2.23. The van der Waals surface area contributed by atoms with Gasteiger partial charge in [-0.05, 0) is 42.7 Å². The molecule has 3 rings (SSSR count). The molecule has 2 heterocycles. The van der Waals surface area contributed by atoms with E-state index in [1.54, 1.807) is 18.1 Å². The van der Waals surface area contributed by atoms with Crippen molar-refractivity contribution < 1.29 is 4.79 Å². The van der Waals surface area contributed by atoms with E-state index in [4.69, 9.17) is 0 Å². The number of rotatable bonds is 6. The maximum atomic E-state index is 12.3. The molecular weight excluding hydrogens is 376 g/mol. The Hall–Kier alpha value is -1.73. The highest BCUT2D eigenvalue weighted by molar-refractivity contribution is 8.00. The summed E-state index contributed by atoms with van der Waals surface area (Å²) in [4.78, 5) is 24.5. The number of benzene rings is 1. The first-order valence-corrected chi connectivity index (χ1v) is 11.4. The predicted molar refractivity (Wildman–Crippen MR) is 115 cm³/mol. The minimum Gasteiger partial charge on any atom is -0.356 e. The fourth-order valence-corrected chi connectivity index (χ4v) is 4.59. The molecule has 2 unspecified atom stereocenters. The number of hydrogen-bond donors (Lipinski definition) is 1. The minimum atomic E-state index is -0.0290. The number of carbonyl (C=O) groups is 1. The van der Waals surface area contributed by atoms with E-state index in [1.165, 1.54) is 18.2 Å². The van der Waals surface area contributed by atoms with Gasteiger partial charge in [0.1, 0.15) is 17.2 Å². The van der Waals surface area contributed by atoms with E-state index in [1.807, 2.05) is 36.6 Å². The minimum absolute atomic E-state index is 0.0290. The van der Waals surface area contributed by atoms with Gasteiger partial charge in [-0.15, -0.1) is 11.8 Å². The third kappa shape index (κ3) is 5.87. The maximum Gasteiger partial charge on any atom is 0.234 e. The molecule has 1 N–H and O–H groups in total. The summed E-state index contributed by atoms with van der Waals surface area (Å²) in [5.41, 5.74) is 0.826. The summed E-state index contributed by atoms with van der Waals surface area (Å²) in [6.07, 6.45) is 4.88. The van der Waals surface area contributed by atoms with E-state index in [9.17, 15) is 4.79 Å². The molecule has 0 spiro atoms. The molecular formula is C20H26N4OS2. The molecule has 0 bridgehead atoms. The molecule has 0 saturated carbocycles. The van der Waals surface area contributed by atoms with Crippen LogP contribution in [0.15, 0.2) is 46.6 Å². The second-order valence-corrected chi connectivity index (χ2v) is 9.01. The van der Waals surface area contributed by atoms with Gasteiger partial charge in [-0.1, -0.05) is 31.7 Å². The Bertz CT molecular complexity index is 776. The highest BCUT2D eigenvalue weighted by Crippen LogP contribution is 2.27. The molecule has 1 fully saturated rings. The van der Waals surface area contributed by atoms with Crippen molar-refractivity contribution in [2.24, 2.45) is 11.8 Å². The molecule has 0 radical (unpaired) electrons. The van der Waals surface area contributed by atoms with Crippen LogP contribution >= 0.6 is 23.5 Å². The molecule has 2 atom stereocenters. The van der Waals surface area contributed by atoms with Gasteiger partial charge in [-0.3, -0.25) is 4.79 Å². The van der Waals surface area contributed by atoms with Crippen LogP contribution in [0.1, 0.15) is 20.3 Å². The standard InChI is InChI=1S/C20H26N4OS2/c1-14-7-15(2)11-24(10-14)18-9-20(22-13-21-18)27-12-19(25)23-16-5-4-6-17(8-16)26-3/h4-6,8-9,13-15H,7,10-12H2,1-3H3,(H,23,25). The lowest BCUT2D eigenvalue weighted by atomic mass is 9.92. The van der Waals surface area contributed by atoms with Crippen LogP contribution in [0.5, 0.6) is 0 Å². The monoisotopic (exact) mass is 402 g/mol. The maximum absolute atomic E-state index is 12.3. The number of carbonyl (C=O) groups excluding carboxylic acids is 1. The lowest BCUT2D eigenvalue weighted by molar-refractivity contribution is -0.113. The molecule has 27 heavy (non-hydrogen) atoms. The van der Waals surface area contributed by atoms with Crippen molar-refractivity contribution in [2.45, 2.75) is 30.2 Å². The van der Waals surface area contributed by atoms with Crippen LogP contribution in [0.4, 0.5) is 11.5 Å². The summed E-state index contributed by atoms with van der Waals surface area (Å²) in [6, 6.07) is 9.86. The molecule has 2 aromatic rings. The van der Waals surface area contributed by atoms with E-state index in [0.29, 0.717) is 17.6 Å². The van der Waals surface area contributed by atoms with Gasteiger partial charge in [-0.25, -0.2) is 9.97 Å². The number of piperidine rings is 1. The van der Waals surface area contributed by atoms with Gasteiger partial charge in [0, 0.05) is 29.7 Å². The Morgan fingerprint density at radius 2 is 2.00 bits per heavy atom. The Kier molecular flexibility index (Phi) is 7.01. The number of anilines is 2. The van der Waals surface area contributed by atoms with Gasteiger partial charge >= 0.3 is 0 Å². The summed E-state index contributed by atoms with van der Waals surface area (Å²) in [5, 5.41) is 3.78. The zero-order chi connectivity index (χ0) is 19.2. The van der Waals surface area contributed by atoms with E-state index in [-0.39, 0.29) is 5.91 Å². The van der Waals surface area contributed by atoms with Crippen molar-refractivity contribution in [1.82, 2.24) is 9.97 Å². The molecule has 5 nitrogen and oxygen atoms in total. The fourth-order valence-electron chi connectivity index (χ4n) is 3.47. The Balaban J connectivity index is 1.57. The van der Waals surface area contributed by atoms with E-state index in [0.717, 1.165) is 34.5 Å². The third-order valence-corrected chi connectivity index (χ3v) is 6.18. The first-order valence-electron chi connectivity index (χ1n) is 9.17. The molecule has 1 aromatic heterocycles. The van der Waals surface area contributed by atoms with Gasteiger partial charge in [0.25, 0.3) is 0 Å². The van der Waals surface area contributed by atoms with Crippen LogP contribution in [0, 0.1) is 11.8 Å². The zero-order valence-electron chi connectivity index (χ0n) is 16.0. The van der Waals surface area contributed by atoms with Gasteiger partial charge in [0.05, 0.1) is 5.75 Å². The van der Waals surface area contributed by atoms with Crippen LogP contribution in [0.2, 0.25) is 0 Å². The van der Waals surface area contributed by atoms with Gasteiger partial charge in [-0.2, -0.15) is 0 Å². The first kappa shape index (κ1) is 20.0. The molecule has 1 aliphatic heterocycles. The molecule has 7 heteroatoms. The van der Waals surface area contributed by atoms with Crippen molar-refractivity contribution in [3.8, 4) is 0 Å². The lowest BCUT2D eigenvalue weighted by Gasteiger charge is -2.35. The number of hydrogen-bond acceptors (Lipinski definition) is 6. The number of nitrogens with one attached hydrogen (secondary N) is 1. The average Bonchev–Trinajstić information content (AvgIpc) is 2.66. The SMILES string of the molecule is CSc1cccc(NC(=O)CSc2cc(N3CC(C)CC(C)C3)ncn2)c1. The average molecular weight is 403 g/mol. The largest absolute Gasteiger partial charge is 0.356 e. The predicted octanol–water partition coefficient (Wildman–Crippen LogP) is 4.41. The first-order chi connectivity index (χ1) is 13.0. The molecule has 144 valence electrons. The molecule has 1 aromatic carbocycles. The van der Waals surface area contributed by atoms with Crippen LogP contribution in [-0.2, 0) is 4.79 Å². The van der Waals surface area contributed by atoms with Gasteiger partial charge in [0.15, 0.2) is 0 Å². The van der Waals surface area contributed by atoms with Crippen molar-refractivity contribution in [1.29, 1.82) is 0 Å². The van der Waals surface area contributed by atoms with Crippen LogP contribution in [0.25, 0.3) is 0 Å². The Labute approximate surface area is 169 Å². The van der Waals surface area contributed by atoms with Gasteiger partial charge in [0.2, 0.25) is 5.91 Å². The quantitative estimate of drug-likeness (QED) is 0.570. The third-order valence-electron chi connectivity index (χ3n) is 4.53. The molecule has 1 amide bonds. The second kappa shape index (κ2) is 9.46. The normalized spacial score (nSPS) is 19.7. The van der Waals surface area contributed by atoms with E-state index in [2.05, 4.69) is 34.0 Å². The number of amides is 1. The van der Waals surface area contributed by atoms with Gasteiger partial charge < -0.3 is 10.2 Å². The molecule has 0 aliphatic carbocycles. The van der Waals surface area contributed by atoms with E-state index < -0.39 is 0 Å². The van der Waals surface area contributed by atoms with Crippen LogP contribution in [0.3, 0.4) is 0 Å². The fraction of sp³-hybridized carbons (Fsp3) is 0.450. The summed E-state index contributed by atoms with van der Waals surface area (Å²) >= 11 is 3.10. The van der Waals surface area contributed by atoms with Crippen LogP contribution in [-0.4, -0.2) is 41.0 Å². The van der Waals surface area contributed by atoms with Crippen molar-refractivity contribution in [3.05, 3.63) is 36.7 Å². The summed E-state index contributed by atoms with van der Waals surface area (Å²) in [6.45, 7) is 6.63. The second-order valence-electron chi connectivity index (χ2n) is 7.13. The zero-order valence-corrected chi connectivity index (χ0v) is 17.6. The number of nitrogens with zero attached hydrogens (tertiary/aromatic N) is 3. The van der Waals surface area contributed by atoms with Crippen molar-refractivity contribution >= 4 is 40.9 Å². The van der Waals surface area contributed by atoms with E-state index >= 15 is 0 Å². The Morgan fingerprint density at radius 1 is 1.22 bits per heavy atom. The number of thioether (sulfide) groups is 2. The summed E-state index contributed by atoms with van der Waals surface area (Å²) < 4.78 is 0. The smallest absolute Gasteiger partial charge is 0.234 e. The molecule has 1 saturated heterocycles. The lowest BCUT2D eigenvalue weighted by Crippen LogP contribution is -2.39. The van der Waals surface area contributed by atoms with Crippen molar-refractivity contribution in [2.75, 3.05) is 35.3 Å². The Morgan fingerprint density at radius 3 is 2.74 bits per heavy atom. The number of aromatic nitrogens is 2. The van der Waals surface area contributed by atoms with Crippen LogP contribution < -0.4 is 10.2 Å². The van der Waals surface area contributed by atoms with Crippen molar-refractivity contribution in [3.63, 3.8) is 0 Å². The molecule has 1 aliphatic rings. The highest BCUT2D eigenvalue weighted by atomic mass is 32.2. The topological polar surface area (TPSA) is 58.1 Å².